The highest BCUT2D eigenvalue weighted by Crippen LogP contribution is 2.36. The molecule has 0 N–H and O–H groups in total. The van der Waals surface area contributed by atoms with Gasteiger partial charge in [-0.1, -0.05) is 40.0 Å². The van der Waals surface area contributed by atoms with Gasteiger partial charge in [-0.3, -0.25) is 4.79 Å². The van der Waals surface area contributed by atoms with E-state index in [-0.39, 0.29) is 24.6 Å². The fourth-order valence-corrected chi connectivity index (χ4v) is 3.25. The fraction of sp³-hybridized carbons (Fsp3) is 0.941. The molecule has 1 rings (SSSR count). The molecule has 1 aliphatic carbocycles. The maximum absolute atomic E-state index is 11.7. The molecule has 20 heavy (non-hydrogen) atoms. The maximum atomic E-state index is 11.7. The molecule has 4 atom stereocenters. The Kier molecular flexibility index (Phi) is 7.75. The van der Waals surface area contributed by atoms with Gasteiger partial charge in [-0.25, -0.2) is 0 Å². The summed E-state index contributed by atoms with van der Waals surface area (Å²) in [6, 6.07) is 0. The summed E-state index contributed by atoms with van der Waals surface area (Å²) >= 11 is 0. The molecule has 0 bridgehead atoms. The van der Waals surface area contributed by atoms with Gasteiger partial charge in [-0.15, -0.1) is 0 Å². The van der Waals surface area contributed by atoms with E-state index >= 15 is 0 Å². The van der Waals surface area contributed by atoms with Crippen LogP contribution >= 0.6 is 0 Å². The van der Waals surface area contributed by atoms with Crippen molar-refractivity contribution in [3.63, 3.8) is 0 Å². The van der Waals surface area contributed by atoms with Crippen LogP contribution in [0.15, 0.2) is 0 Å². The van der Waals surface area contributed by atoms with Gasteiger partial charge in [0, 0.05) is 7.11 Å². The highest BCUT2D eigenvalue weighted by atomic mass is 16.7. The van der Waals surface area contributed by atoms with Crippen molar-refractivity contribution in [2.45, 2.75) is 65.9 Å². The summed E-state index contributed by atoms with van der Waals surface area (Å²) in [4.78, 5) is 11.7. The lowest BCUT2D eigenvalue weighted by Crippen LogP contribution is -2.32. The molecule has 0 amide bonds. The van der Waals surface area contributed by atoms with Crippen LogP contribution < -0.4 is 0 Å². The second-order valence-electron chi connectivity index (χ2n) is 6.80. The lowest BCUT2D eigenvalue weighted by Gasteiger charge is -2.32. The zero-order valence-corrected chi connectivity index (χ0v) is 13.9. The van der Waals surface area contributed by atoms with Crippen LogP contribution in [-0.2, 0) is 14.3 Å². The van der Waals surface area contributed by atoms with Crippen LogP contribution in [0.1, 0.15) is 59.8 Å². The van der Waals surface area contributed by atoms with Crippen LogP contribution in [-0.4, -0.2) is 25.8 Å². The molecule has 0 heterocycles. The molecular formula is C17H32O3. The van der Waals surface area contributed by atoms with E-state index in [4.69, 9.17) is 9.47 Å². The van der Waals surface area contributed by atoms with Crippen molar-refractivity contribution in [3.8, 4) is 0 Å². The van der Waals surface area contributed by atoms with Crippen LogP contribution in [0.3, 0.4) is 0 Å². The van der Waals surface area contributed by atoms with Gasteiger partial charge in [0.1, 0.15) is 12.9 Å². The second-order valence-corrected chi connectivity index (χ2v) is 6.80. The second kappa shape index (κ2) is 8.78. The van der Waals surface area contributed by atoms with Gasteiger partial charge in [-0.2, -0.15) is 0 Å². The first-order chi connectivity index (χ1) is 9.45. The standard InChI is InChI=1S/C17H32O3/c1-12(13(2)10-16-7-6-8-16)9-14(3)17(15(4)18)20-11-19-5/h12-14,16-17H,6-11H2,1-5H3. The Balaban J connectivity index is 2.39. The van der Waals surface area contributed by atoms with E-state index < -0.39 is 0 Å². The molecule has 0 aliphatic heterocycles. The zero-order chi connectivity index (χ0) is 15.1. The average Bonchev–Trinajstić information content (AvgIpc) is 2.33. The molecule has 0 aromatic rings. The first kappa shape index (κ1) is 17.6. The largest absolute Gasteiger partial charge is 0.359 e. The van der Waals surface area contributed by atoms with Crippen molar-refractivity contribution in [3.05, 3.63) is 0 Å². The number of carbonyl (C=O) groups excluding carboxylic acids is 1. The quantitative estimate of drug-likeness (QED) is 0.568. The van der Waals surface area contributed by atoms with Crippen molar-refractivity contribution < 1.29 is 14.3 Å². The van der Waals surface area contributed by atoms with Crippen LogP contribution in [0, 0.1) is 23.7 Å². The molecule has 4 unspecified atom stereocenters. The average molecular weight is 284 g/mol. The number of carbonyl (C=O) groups is 1. The van der Waals surface area contributed by atoms with Crippen LogP contribution in [0.2, 0.25) is 0 Å². The third-order valence-corrected chi connectivity index (χ3v) is 4.93. The van der Waals surface area contributed by atoms with E-state index in [9.17, 15) is 4.79 Å². The molecule has 1 fully saturated rings. The van der Waals surface area contributed by atoms with Gasteiger partial charge in [0.2, 0.25) is 0 Å². The number of rotatable bonds is 10. The fourth-order valence-electron chi connectivity index (χ4n) is 3.25. The molecule has 0 spiro atoms. The number of ether oxygens (including phenoxy) is 2. The van der Waals surface area contributed by atoms with E-state index in [1.807, 2.05) is 0 Å². The normalized spacial score (nSPS) is 21.9. The van der Waals surface area contributed by atoms with Crippen LogP contribution in [0.5, 0.6) is 0 Å². The number of methoxy groups -OCH3 is 1. The minimum atomic E-state index is -0.326. The van der Waals surface area contributed by atoms with E-state index in [1.54, 1.807) is 14.0 Å². The number of ketones is 1. The first-order valence-electron chi connectivity index (χ1n) is 8.06. The predicted octanol–water partition coefficient (Wildman–Crippen LogP) is 4.05. The Morgan fingerprint density at radius 2 is 1.80 bits per heavy atom. The summed E-state index contributed by atoms with van der Waals surface area (Å²) in [7, 11) is 1.59. The molecule has 0 aromatic heterocycles. The number of hydrogen-bond donors (Lipinski definition) is 0. The number of hydrogen-bond acceptors (Lipinski definition) is 3. The summed E-state index contributed by atoms with van der Waals surface area (Å²) < 4.78 is 10.5. The topological polar surface area (TPSA) is 35.5 Å². The van der Waals surface area contributed by atoms with Gasteiger partial charge < -0.3 is 9.47 Å². The summed E-state index contributed by atoms with van der Waals surface area (Å²) in [6.07, 6.45) is 6.31. The summed E-state index contributed by atoms with van der Waals surface area (Å²) in [5.41, 5.74) is 0. The molecular weight excluding hydrogens is 252 g/mol. The molecule has 0 aromatic carbocycles. The smallest absolute Gasteiger partial charge is 0.158 e. The SMILES string of the molecule is COCOC(C(C)=O)C(C)CC(C)C(C)CC1CCC1. The minimum absolute atomic E-state index is 0.105. The van der Waals surface area contributed by atoms with E-state index in [0.29, 0.717) is 5.92 Å². The first-order valence-corrected chi connectivity index (χ1v) is 8.06. The van der Waals surface area contributed by atoms with Crippen molar-refractivity contribution >= 4 is 5.78 Å². The van der Waals surface area contributed by atoms with Crippen LogP contribution in [0.4, 0.5) is 0 Å². The van der Waals surface area contributed by atoms with E-state index in [0.717, 1.165) is 18.3 Å². The van der Waals surface area contributed by atoms with Gasteiger partial charge >= 0.3 is 0 Å². The van der Waals surface area contributed by atoms with E-state index in [1.165, 1.54) is 25.7 Å². The molecule has 1 saturated carbocycles. The Bertz CT molecular complexity index is 286. The predicted molar refractivity (Wildman–Crippen MR) is 81.5 cm³/mol. The monoisotopic (exact) mass is 284 g/mol. The molecule has 118 valence electrons. The molecule has 3 heteroatoms. The highest BCUT2D eigenvalue weighted by molar-refractivity contribution is 5.80. The summed E-state index contributed by atoms with van der Waals surface area (Å²) in [5, 5.41) is 0. The minimum Gasteiger partial charge on any atom is -0.359 e. The Labute approximate surface area is 124 Å². The van der Waals surface area contributed by atoms with Crippen molar-refractivity contribution in [2.75, 3.05) is 13.9 Å². The van der Waals surface area contributed by atoms with Gasteiger partial charge in [0.25, 0.3) is 0 Å². The summed E-state index contributed by atoms with van der Waals surface area (Å²) in [5.74, 6) is 2.68. The van der Waals surface area contributed by atoms with Crippen molar-refractivity contribution in [1.82, 2.24) is 0 Å². The van der Waals surface area contributed by atoms with Gasteiger partial charge in [-0.05, 0) is 43.4 Å². The Morgan fingerprint density at radius 1 is 1.15 bits per heavy atom. The lowest BCUT2D eigenvalue weighted by molar-refractivity contribution is -0.143. The maximum Gasteiger partial charge on any atom is 0.158 e. The third-order valence-electron chi connectivity index (χ3n) is 4.93. The molecule has 0 radical (unpaired) electrons. The van der Waals surface area contributed by atoms with Crippen molar-refractivity contribution in [2.24, 2.45) is 23.7 Å². The molecule has 3 nitrogen and oxygen atoms in total. The summed E-state index contributed by atoms with van der Waals surface area (Å²) in [6.45, 7) is 8.59. The zero-order valence-electron chi connectivity index (χ0n) is 13.9. The van der Waals surface area contributed by atoms with E-state index in [2.05, 4.69) is 20.8 Å². The van der Waals surface area contributed by atoms with Gasteiger partial charge in [0.05, 0.1) is 0 Å². The van der Waals surface area contributed by atoms with Gasteiger partial charge in [0.15, 0.2) is 5.78 Å². The number of Topliss-reactive ketones (excluding diaryl/α,β-unsaturated/α-hetero) is 1. The highest BCUT2D eigenvalue weighted by Gasteiger charge is 2.28. The third kappa shape index (κ3) is 5.53. The molecule has 0 saturated heterocycles. The Morgan fingerprint density at radius 3 is 2.25 bits per heavy atom. The Hall–Kier alpha value is -0.410. The van der Waals surface area contributed by atoms with Crippen LogP contribution in [0.25, 0.3) is 0 Å². The molecule has 1 aliphatic rings. The lowest BCUT2D eigenvalue weighted by atomic mass is 9.74. The van der Waals surface area contributed by atoms with Crippen molar-refractivity contribution in [1.29, 1.82) is 0 Å².